The molecule has 1 unspecified atom stereocenters. The van der Waals surface area contributed by atoms with Gasteiger partial charge >= 0.3 is 0 Å². The highest BCUT2D eigenvalue weighted by molar-refractivity contribution is 6.42. The third-order valence-electron chi connectivity index (χ3n) is 2.61. The molecule has 0 heterocycles. The fourth-order valence-electron chi connectivity index (χ4n) is 1.68. The van der Waals surface area contributed by atoms with Crippen LogP contribution < -0.4 is 5.73 Å². The average molecular weight is 305 g/mol. The third kappa shape index (κ3) is 2.62. The largest absolute Gasteiger partial charge is 0.320 e. The van der Waals surface area contributed by atoms with Crippen LogP contribution in [-0.2, 0) is 0 Å². The second-order valence-corrected chi connectivity index (χ2v) is 4.98. The van der Waals surface area contributed by atoms with Crippen molar-refractivity contribution in [1.82, 2.24) is 0 Å². The maximum absolute atomic E-state index is 13.2. The molecule has 2 aromatic carbocycles. The summed E-state index contributed by atoms with van der Waals surface area (Å²) in [5.74, 6) is -0.400. The Kier molecular flexibility index (Phi) is 4.13. The maximum atomic E-state index is 13.2. The first-order valence-corrected chi connectivity index (χ1v) is 6.28. The van der Waals surface area contributed by atoms with Gasteiger partial charge in [-0.1, -0.05) is 46.9 Å². The fourth-order valence-corrected chi connectivity index (χ4v) is 2.34. The van der Waals surface area contributed by atoms with E-state index in [1.807, 2.05) is 0 Å². The van der Waals surface area contributed by atoms with Crippen molar-refractivity contribution in [2.45, 2.75) is 6.04 Å². The van der Waals surface area contributed by atoms with Gasteiger partial charge < -0.3 is 5.73 Å². The zero-order chi connectivity index (χ0) is 13.3. The van der Waals surface area contributed by atoms with Gasteiger partial charge in [-0.15, -0.1) is 0 Å². The molecule has 1 nitrogen and oxygen atoms in total. The van der Waals surface area contributed by atoms with Gasteiger partial charge in [0.1, 0.15) is 5.82 Å². The molecular formula is C13H9Cl3FN. The summed E-state index contributed by atoms with van der Waals surface area (Å²) in [4.78, 5) is 0. The van der Waals surface area contributed by atoms with Gasteiger partial charge in [0.05, 0.1) is 16.1 Å². The van der Waals surface area contributed by atoms with Crippen LogP contribution in [0.15, 0.2) is 36.4 Å². The van der Waals surface area contributed by atoms with E-state index in [9.17, 15) is 4.39 Å². The minimum Gasteiger partial charge on any atom is -0.320 e. The predicted molar refractivity (Wildman–Crippen MR) is 73.9 cm³/mol. The molecule has 2 N–H and O–H groups in total. The standard InChI is InChI=1S/C13H9Cl3FN/c14-10-5-4-7(17)6-9(10)13(18)8-2-1-3-11(15)12(8)16/h1-6,13H,18H2. The summed E-state index contributed by atoms with van der Waals surface area (Å²) < 4.78 is 13.2. The summed E-state index contributed by atoms with van der Waals surface area (Å²) in [5.41, 5.74) is 7.14. The van der Waals surface area contributed by atoms with E-state index in [-0.39, 0.29) is 0 Å². The molecule has 94 valence electrons. The molecule has 0 saturated carbocycles. The van der Waals surface area contributed by atoms with Crippen molar-refractivity contribution in [1.29, 1.82) is 0 Å². The fraction of sp³-hybridized carbons (Fsp3) is 0.0769. The normalized spacial score (nSPS) is 12.5. The van der Waals surface area contributed by atoms with Crippen LogP contribution in [0.3, 0.4) is 0 Å². The van der Waals surface area contributed by atoms with Gasteiger partial charge in [-0.25, -0.2) is 4.39 Å². The highest BCUT2D eigenvalue weighted by Crippen LogP contribution is 2.34. The molecule has 0 spiro atoms. The zero-order valence-corrected chi connectivity index (χ0v) is 11.4. The average Bonchev–Trinajstić information content (AvgIpc) is 2.35. The summed E-state index contributed by atoms with van der Waals surface area (Å²) in [6.45, 7) is 0. The van der Waals surface area contributed by atoms with Crippen molar-refractivity contribution in [3.05, 3.63) is 68.4 Å². The molecule has 0 aliphatic carbocycles. The van der Waals surface area contributed by atoms with Crippen molar-refractivity contribution in [3.8, 4) is 0 Å². The van der Waals surface area contributed by atoms with Crippen molar-refractivity contribution < 1.29 is 4.39 Å². The second kappa shape index (κ2) is 5.45. The highest BCUT2D eigenvalue weighted by atomic mass is 35.5. The van der Waals surface area contributed by atoms with Crippen molar-refractivity contribution in [2.24, 2.45) is 5.73 Å². The van der Waals surface area contributed by atoms with Crippen LogP contribution in [0.1, 0.15) is 17.2 Å². The molecule has 0 radical (unpaired) electrons. The third-order valence-corrected chi connectivity index (χ3v) is 3.79. The number of rotatable bonds is 2. The molecule has 0 bridgehead atoms. The van der Waals surface area contributed by atoms with E-state index in [2.05, 4.69) is 0 Å². The molecule has 0 aromatic heterocycles. The molecular weight excluding hydrogens is 296 g/mol. The molecule has 0 amide bonds. The molecule has 2 aromatic rings. The topological polar surface area (TPSA) is 26.0 Å². The van der Waals surface area contributed by atoms with E-state index < -0.39 is 11.9 Å². The van der Waals surface area contributed by atoms with Gasteiger partial charge in [-0.2, -0.15) is 0 Å². The lowest BCUT2D eigenvalue weighted by Crippen LogP contribution is -2.13. The van der Waals surface area contributed by atoms with Crippen LogP contribution in [0.4, 0.5) is 4.39 Å². The molecule has 0 aliphatic heterocycles. The Morgan fingerprint density at radius 3 is 2.39 bits per heavy atom. The molecule has 0 saturated heterocycles. The Morgan fingerprint density at radius 1 is 0.944 bits per heavy atom. The van der Waals surface area contributed by atoms with Crippen molar-refractivity contribution >= 4 is 34.8 Å². The Hall–Kier alpha value is -0.800. The Balaban J connectivity index is 2.51. The van der Waals surface area contributed by atoms with Crippen LogP contribution in [0.25, 0.3) is 0 Å². The summed E-state index contributed by atoms with van der Waals surface area (Å²) in [7, 11) is 0. The van der Waals surface area contributed by atoms with Gasteiger partial charge in [-0.3, -0.25) is 0 Å². The minimum absolute atomic E-state index is 0.354. The van der Waals surface area contributed by atoms with Gasteiger partial charge in [-0.05, 0) is 35.4 Å². The number of nitrogens with two attached hydrogens (primary N) is 1. The molecule has 0 aliphatic rings. The van der Waals surface area contributed by atoms with E-state index in [4.69, 9.17) is 40.5 Å². The Bertz CT molecular complexity index is 584. The number of hydrogen-bond donors (Lipinski definition) is 1. The Labute approximate surface area is 119 Å². The number of hydrogen-bond acceptors (Lipinski definition) is 1. The summed E-state index contributed by atoms with van der Waals surface area (Å²) >= 11 is 18.0. The van der Waals surface area contributed by atoms with Gasteiger partial charge in [0, 0.05) is 5.02 Å². The lowest BCUT2D eigenvalue weighted by atomic mass is 9.99. The zero-order valence-electron chi connectivity index (χ0n) is 9.13. The van der Waals surface area contributed by atoms with Crippen LogP contribution >= 0.6 is 34.8 Å². The van der Waals surface area contributed by atoms with Gasteiger partial charge in [0.25, 0.3) is 0 Å². The maximum Gasteiger partial charge on any atom is 0.123 e. The first-order chi connectivity index (χ1) is 8.50. The lowest BCUT2D eigenvalue weighted by Gasteiger charge is -2.16. The highest BCUT2D eigenvalue weighted by Gasteiger charge is 2.17. The van der Waals surface area contributed by atoms with E-state index in [0.29, 0.717) is 26.2 Å². The molecule has 0 fully saturated rings. The van der Waals surface area contributed by atoms with Gasteiger partial charge in [0.2, 0.25) is 0 Å². The monoisotopic (exact) mass is 303 g/mol. The number of benzene rings is 2. The van der Waals surface area contributed by atoms with E-state index in [1.54, 1.807) is 18.2 Å². The van der Waals surface area contributed by atoms with Crippen molar-refractivity contribution in [2.75, 3.05) is 0 Å². The van der Waals surface area contributed by atoms with Crippen LogP contribution in [0.2, 0.25) is 15.1 Å². The summed E-state index contributed by atoms with van der Waals surface area (Å²) in [5, 5.41) is 1.14. The second-order valence-electron chi connectivity index (χ2n) is 3.79. The number of halogens is 4. The molecule has 1 atom stereocenters. The first-order valence-electron chi connectivity index (χ1n) is 5.15. The minimum atomic E-state index is -0.626. The van der Waals surface area contributed by atoms with E-state index in [1.165, 1.54) is 18.2 Å². The molecule has 5 heteroatoms. The quantitative estimate of drug-likeness (QED) is 0.844. The Morgan fingerprint density at radius 2 is 1.67 bits per heavy atom. The molecule has 18 heavy (non-hydrogen) atoms. The molecule has 2 rings (SSSR count). The van der Waals surface area contributed by atoms with E-state index >= 15 is 0 Å². The van der Waals surface area contributed by atoms with E-state index in [0.717, 1.165) is 0 Å². The van der Waals surface area contributed by atoms with Crippen LogP contribution in [-0.4, -0.2) is 0 Å². The summed E-state index contributed by atoms with van der Waals surface area (Å²) in [6, 6.07) is 8.54. The van der Waals surface area contributed by atoms with Crippen LogP contribution in [0.5, 0.6) is 0 Å². The first kappa shape index (κ1) is 13.6. The lowest BCUT2D eigenvalue weighted by molar-refractivity contribution is 0.623. The van der Waals surface area contributed by atoms with Crippen LogP contribution in [0, 0.1) is 5.82 Å². The van der Waals surface area contributed by atoms with Crippen molar-refractivity contribution in [3.63, 3.8) is 0 Å². The summed E-state index contributed by atoms with van der Waals surface area (Å²) in [6.07, 6.45) is 0. The van der Waals surface area contributed by atoms with Gasteiger partial charge in [0.15, 0.2) is 0 Å². The SMILES string of the molecule is NC(c1cc(F)ccc1Cl)c1cccc(Cl)c1Cl. The smallest absolute Gasteiger partial charge is 0.123 e. The predicted octanol–water partition coefficient (Wildman–Crippen LogP) is 4.83.